The van der Waals surface area contributed by atoms with E-state index < -0.39 is 0 Å². The van der Waals surface area contributed by atoms with Gasteiger partial charge in [-0.15, -0.1) is 0 Å². The van der Waals surface area contributed by atoms with Gasteiger partial charge in [0.25, 0.3) is 0 Å². The van der Waals surface area contributed by atoms with Crippen LogP contribution >= 0.6 is 61.1 Å². The smallest absolute Gasteiger partial charge is 0.124 e. The number of nitrogens with one attached hydrogen (secondary N) is 1. The Morgan fingerprint density at radius 3 is 1.36 bits per heavy atom. The Morgan fingerprint density at radius 2 is 1.00 bits per heavy atom. The summed E-state index contributed by atoms with van der Waals surface area (Å²) in [5, 5.41) is 0. The van der Waals surface area contributed by atoms with Gasteiger partial charge in [0.15, 0.2) is 0 Å². The fraction of sp³-hybridized carbons (Fsp3) is 0. The van der Waals surface area contributed by atoms with Gasteiger partial charge in [0.1, 0.15) is 9.28 Å². The lowest BCUT2D eigenvalue weighted by Gasteiger charge is -1.84. The molecule has 6 heteroatoms. The van der Waals surface area contributed by atoms with E-state index in [1.54, 1.807) is 0 Å². The first kappa shape index (κ1) is 9.34. The molecule has 0 saturated carbocycles. The predicted molar refractivity (Wildman–Crippen MR) is 57.3 cm³/mol. The maximum Gasteiger partial charge on any atom is 0.124 e. The van der Waals surface area contributed by atoms with Crippen molar-refractivity contribution in [1.29, 1.82) is 0 Å². The van der Waals surface area contributed by atoms with Crippen LogP contribution in [0.25, 0.3) is 0 Å². The molecule has 11 heavy (non-hydrogen) atoms. The molecule has 0 aliphatic rings. The number of rotatable bonds is 0. The van der Waals surface area contributed by atoms with Gasteiger partial charge in [-0.05, 0) is 0 Å². The predicted octanol–water partition coefficient (Wildman–Crippen LogP) is 3.54. The van der Waals surface area contributed by atoms with Crippen LogP contribution in [0.4, 0.5) is 0 Å². The number of H-pyrrole nitrogens is 1. The molecule has 0 unspecified atom stereocenters. The molecule has 0 radical (unpaired) electrons. The zero-order valence-corrected chi connectivity index (χ0v) is 9.12. The molecule has 1 N–H and O–H groups in total. The standard InChI is InChI=1S/C5HNS5/c7-1-2(8)4(10)6-5(11)3(1)9/h(H,6,10,11). The van der Waals surface area contributed by atoms with Crippen LogP contribution in [0.2, 0.25) is 0 Å². The van der Waals surface area contributed by atoms with E-state index >= 15 is 0 Å². The minimum atomic E-state index is 0.406. The van der Waals surface area contributed by atoms with Crippen LogP contribution in [0.3, 0.4) is 0 Å². The van der Waals surface area contributed by atoms with Crippen LogP contribution in [-0.4, -0.2) is 4.98 Å². The molecule has 0 saturated heterocycles. The summed E-state index contributed by atoms with van der Waals surface area (Å²) >= 11 is 24.4. The number of pyridine rings is 1. The van der Waals surface area contributed by atoms with Crippen molar-refractivity contribution in [2.75, 3.05) is 0 Å². The van der Waals surface area contributed by atoms with Crippen molar-refractivity contribution in [3.8, 4) is 0 Å². The van der Waals surface area contributed by atoms with E-state index in [2.05, 4.69) is 4.98 Å². The minimum absolute atomic E-state index is 0.406. The summed E-state index contributed by atoms with van der Waals surface area (Å²) in [5.41, 5.74) is 0. The van der Waals surface area contributed by atoms with Gasteiger partial charge >= 0.3 is 0 Å². The van der Waals surface area contributed by atoms with Gasteiger partial charge in [-0.1, -0.05) is 61.1 Å². The van der Waals surface area contributed by atoms with E-state index in [4.69, 9.17) is 61.1 Å². The Kier molecular flexibility index (Phi) is 2.82. The summed E-state index contributed by atoms with van der Waals surface area (Å²) < 4.78 is 2.08. The molecule has 0 aliphatic heterocycles. The van der Waals surface area contributed by atoms with Crippen LogP contribution in [-0.2, 0) is 0 Å². The van der Waals surface area contributed by atoms with Crippen LogP contribution in [0.15, 0.2) is 0 Å². The first-order valence-corrected chi connectivity index (χ1v) is 4.56. The van der Waals surface area contributed by atoms with Gasteiger partial charge in [0.05, 0.1) is 13.5 Å². The molecule has 1 heterocycles. The van der Waals surface area contributed by atoms with Crippen molar-refractivity contribution in [3.63, 3.8) is 0 Å². The van der Waals surface area contributed by atoms with Crippen molar-refractivity contribution in [1.82, 2.24) is 4.98 Å². The third-order valence-electron chi connectivity index (χ3n) is 1.05. The average Bonchev–Trinajstić information content (AvgIpc) is 1.97. The van der Waals surface area contributed by atoms with E-state index in [0.29, 0.717) is 22.8 Å². The molecule has 1 aromatic rings. The third kappa shape index (κ3) is 1.70. The number of hydrogen-bond donors (Lipinski definition) is 1. The highest BCUT2D eigenvalue weighted by Gasteiger charge is 1.91. The summed E-state index contributed by atoms with van der Waals surface area (Å²) in [5.74, 6) is 0. The highest BCUT2D eigenvalue weighted by Crippen LogP contribution is 2.01. The fourth-order valence-corrected chi connectivity index (χ4v) is 1.70. The molecule has 0 aromatic carbocycles. The first-order chi connectivity index (χ1) is 5.04. The average molecular weight is 235 g/mol. The van der Waals surface area contributed by atoms with Crippen LogP contribution < -0.4 is 0 Å². The maximum atomic E-state index is 4.91. The molecule has 1 rings (SSSR count). The van der Waals surface area contributed by atoms with Crippen molar-refractivity contribution < 1.29 is 0 Å². The van der Waals surface area contributed by atoms with E-state index in [1.807, 2.05) is 0 Å². The fourth-order valence-electron chi connectivity index (χ4n) is 0.526. The second-order valence-electron chi connectivity index (χ2n) is 1.77. The van der Waals surface area contributed by atoms with Crippen LogP contribution in [0.1, 0.15) is 0 Å². The second kappa shape index (κ2) is 3.32. The Bertz CT molecular complexity index is 484. The van der Waals surface area contributed by atoms with Gasteiger partial charge in [0.2, 0.25) is 0 Å². The third-order valence-corrected chi connectivity index (χ3v) is 3.41. The van der Waals surface area contributed by atoms with E-state index in [9.17, 15) is 0 Å². The Balaban J connectivity index is 4.24. The largest absolute Gasteiger partial charge is 0.335 e. The maximum absolute atomic E-state index is 4.91. The summed E-state index contributed by atoms with van der Waals surface area (Å²) in [4.78, 5) is 2.70. The summed E-state index contributed by atoms with van der Waals surface area (Å²) in [6.45, 7) is 0. The van der Waals surface area contributed by atoms with Crippen LogP contribution in [0.5, 0.6) is 0 Å². The molecular formula is C5HNS5. The molecule has 0 amide bonds. The number of aromatic nitrogens is 1. The molecule has 0 atom stereocenters. The summed E-state index contributed by atoms with van der Waals surface area (Å²) in [6, 6.07) is 0. The molecule has 0 spiro atoms. The lowest BCUT2D eigenvalue weighted by Crippen LogP contribution is -1.79. The second-order valence-corrected chi connectivity index (χ2v) is 3.81. The van der Waals surface area contributed by atoms with Crippen molar-refractivity contribution >= 4 is 61.1 Å². The minimum Gasteiger partial charge on any atom is -0.335 e. The van der Waals surface area contributed by atoms with Gasteiger partial charge in [-0.2, -0.15) is 0 Å². The molecule has 0 bridgehead atoms. The van der Waals surface area contributed by atoms with Crippen LogP contribution in [0, 0.1) is 22.8 Å². The first-order valence-electron chi connectivity index (χ1n) is 2.52. The molecular weight excluding hydrogens is 234 g/mol. The van der Waals surface area contributed by atoms with E-state index in [0.717, 1.165) is 0 Å². The highest BCUT2D eigenvalue weighted by atomic mass is 32.1. The van der Waals surface area contributed by atoms with Gasteiger partial charge in [-0.25, -0.2) is 0 Å². The van der Waals surface area contributed by atoms with E-state index in [1.165, 1.54) is 0 Å². The monoisotopic (exact) mass is 235 g/mol. The SMILES string of the molecule is S=c1[nH]c(=S)c(=S)c(=S)c1=S. The zero-order valence-electron chi connectivity index (χ0n) is 5.04. The topological polar surface area (TPSA) is 15.8 Å². The summed E-state index contributed by atoms with van der Waals surface area (Å²) in [7, 11) is 0. The molecule has 0 aliphatic carbocycles. The van der Waals surface area contributed by atoms with Crippen molar-refractivity contribution in [2.45, 2.75) is 0 Å². The van der Waals surface area contributed by atoms with Gasteiger partial charge < -0.3 is 4.98 Å². The lowest BCUT2D eigenvalue weighted by atomic mass is 10.5. The molecule has 0 fully saturated rings. The zero-order chi connectivity index (χ0) is 8.59. The highest BCUT2D eigenvalue weighted by molar-refractivity contribution is 7.76. The van der Waals surface area contributed by atoms with Gasteiger partial charge in [0, 0.05) is 0 Å². The normalized spacial score (nSPS) is 9.82. The van der Waals surface area contributed by atoms with Gasteiger partial charge in [-0.3, -0.25) is 0 Å². The Hall–Kier alpha value is 0.250. The van der Waals surface area contributed by atoms with Crippen molar-refractivity contribution in [2.24, 2.45) is 0 Å². The molecule has 1 aromatic heterocycles. The van der Waals surface area contributed by atoms with E-state index in [-0.39, 0.29) is 0 Å². The summed E-state index contributed by atoms with van der Waals surface area (Å²) in [6.07, 6.45) is 0. The molecule has 56 valence electrons. The Labute approximate surface area is 88.4 Å². The lowest BCUT2D eigenvalue weighted by molar-refractivity contribution is 1.24. The quantitative estimate of drug-likeness (QED) is 0.690. The molecule has 1 nitrogen and oxygen atoms in total. The number of aromatic amines is 1. The van der Waals surface area contributed by atoms with Crippen molar-refractivity contribution in [3.05, 3.63) is 22.8 Å². The number of hydrogen-bond acceptors (Lipinski definition) is 5. The Morgan fingerprint density at radius 1 is 0.636 bits per heavy atom.